The summed E-state index contributed by atoms with van der Waals surface area (Å²) in [5.41, 5.74) is 5.54. The third-order valence-electron chi connectivity index (χ3n) is 3.97. The van der Waals surface area contributed by atoms with Crippen molar-refractivity contribution in [1.82, 2.24) is 4.31 Å². The van der Waals surface area contributed by atoms with Crippen LogP contribution in [0.5, 0.6) is 0 Å². The second kappa shape index (κ2) is 5.91. The molecule has 2 N–H and O–H groups in total. The Morgan fingerprint density at radius 2 is 1.95 bits per heavy atom. The molecule has 1 aromatic rings. The van der Waals surface area contributed by atoms with E-state index in [9.17, 15) is 8.42 Å². The molecule has 2 rings (SSSR count). The van der Waals surface area contributed by atoms with Crippen LogP contribution in [0.4, 0.5) is 0 Å². The van der Waals surface area contributed by atoms with Gasteiger partial charge in [-0.25, -0.2) is 8.42 Å². The molecule has 108 valence electrons. The fourth-order valence-electron chi connectivity index (χ4n) is 2.55. The quantitative estimate of drug-likeness (QED) is 0.929. The van der Waals surface area contributed by atoms with Crippen LogP contribution in [0.15, 0.2) is 16.3 Å². The van der Waals surface area contributed by atoms with Gasteiger partial charge in [-0.3, -0.25) is 0 Å². The lowest BCUT2D eigenvalue weighted by molar-refractivity contribution is 0.246. The fraction of sp³-hybridized carbons (Fsp3) is 0.692. The molecule has 0 aliphatic heterocycles. The Labute approximate surface area is 119 Å². The van der Waals surface area contributed by atoms with Gasteiger partial charge in [-0.2, -0.15) is 4.31 Å². The molecule has 19 heavy (non-hydrogen) atoms. The Morgan fingerprint density at radius 1 is 1.32 bits per heavy atom. The van der Waals surface area contributed by atoms with E-state index in [4.69, 9.17) is 5.73 Å². The van der Waals surface area contributed by atoms with Crippen molar-refractivity contribution in [3.8, 4) is 0 Å². The molecule has 1 aromatic heterocycles. The number of thiophene rings is 1. The topological polar surface area (TPSA) is 63.4 Å². The Kier molecular flexibility index (Phi) is 4.66. The molecule has 0 amide bonds. The first-order chi connectivity index (χ1) is 8.95. The van der Waals surface area contributed by atoms with Crippen molar-refractivity contribution in [2.24, 2.45) is 11.7 Å². The molecular weight excluding hydrogens is 280 g/mol. The maximum Gasteiger partial charge on any atom is 0.252 e. The number of nitrogens with two attached hydrogens (primary N) is 1. The maximum absolute atomic E-state index is 12.5. The van der Waals surface area contributed by atoms with Crippen LogP contribution in [0.1, 0.15) is 37.5 Å². The maximum atomic E-state index is 12.5. The van der Waals surface area contributed by atoms with Gasteiger partial charge in [0.25, 0.3) is 10.0 Å². The number of hydrogen-bond donors (Lipinski definition) is 1. The predicted octanol–water partition coefficient (Wildman–Crippen LogP) is 2.41. The Hall–Kier alpha value is -0.430. The van der Waals surface area contributed by atoms with E-state index in [1.807, 2.05) is 0 Å². The predicted molar refractivity (Wildman–Crippen MR) is 78.6 cm³/mol. The van der Waals surface area contributed by atoms with Gasteiger partial charge in [0.05, 0.1) is 0 Å². The second-order valence-electron chi connectivity index (χ2n) is 5.36. The van der Waals surface area contributed by atoms with Crippen molar-refractivity contribution in [2.75, 3.05) is 7.05 Å². The van der Waals surface area contributed by atoms with Crippen LogP contribution in [0.2, 0.25) is 0 Å². The number of sulfonamides is 1. The zero-order valence-electron chi connectivity index (χ0n) is 11.5. The summed E-state index contributed by atoms with van der Waals surface area (Å²) in [4.78, 5) is 0.907. The van der Waals surface area contributed by atoms with E-state index < -0.39 is 10.0 Å². The average molecular weight is 302 g/mol. The Morgan fingerprint density at radius 3 is 2.47 bits per heavy atom. The van der Waals surface area contributed by atoms with E-state index in [2.05, 4.69) is 6.92 Å². The second-order valence-corrected chi connectivity index (χ2v) is 8.75. The van der Waals surface area contributed by atoms with E-state index >= 15 is 0 Å². The summed E-state index contributed by atoms with van der Waals surface area (Å²) in [6, 6.07) is 3.61. The first kappa shape index (κ1) is 15.0. The van der Waals surface area contributed by atoms with Crippen LogP contribution in [-0.2, 0) is 16.6 Å². The molecular formula is C13H22N2O2S2. The third kappa shape index (κ3) is 3.18. The number of nitrogens with zero attached hydrogens (tertiary/aromatic N) is 1. The summed E-state index contributed by atoms with van der Waals surface area (Å²) in [7, 11) is -1.64. The highest BCUT2D eigenvalue weighted by atomic mass is 32.2. The summed E-state index contributed by atoms with van der Waals surface area (Å²) >= 11 is 1.28. The first-order valence-corrected chi connectivity index (χ1v) is 8.97. The minimum Gasteiger partial charge on any atom is -0.326 e. The highest BCUT2D eigenvalue weighted by Crippen LogP contribution is 2.31. The van der Waals surface area contributed by atoms with Gasteiger partial charge in [0, 0.05) is 24.5 Å². The van der Waals surface area contributed by atoms with Gasteiger partial charge in [-0.15, -0.1) is 11.3 Å². The fourth-order valence-corrected chi connectivity index (χ4v) is 5.39. The highest BCUT2D eigenvalue weighted by Gasteiger charge is 2.31. The molecule has 1 aliphatic carbocycles. The Bertz CT molecular complexity index is 517. The van der Waals surface area contributed by atoms with Gasteiger partial charge in [-0.05, 0) is 43.7 Å². The molecule has 0 atom stereocenters. The van der Waals surface area contributed by atoms with Crippen molar-refractivity contribution in [3.63, 3.8) is 0 Å². The minimum absolute atomic E-state index is 0.143. The lowest BCUT2D eigenvalue weighted by Gasteiger charge is -2.32. The largest absolute Gasteiger partial charge is 0.326 e. The number of rotatable bonds is 4. The molecule has 0 radical (unpaired) electrons. The van der Waals surface area contributed by atoms with Crippen LogP contribution >= 0.6 is 11.3 Å². The smallest absolute Gasteiger partial charge is 0.252 e. The first-order valence-electron chi connectivity index (χ1n) is 6.72. The lowest BCUT2D eigenvalue weighted by Crippen LogP contribution is -2.38. The van der Waals surface area contributed by atoms with Crippen LogP contribution in [-0.4, -0.2) is 25.8 Å². The molecule has 0 saturated heterocycles. The van der Waals surface area contributed by atoms with Crippen molar-refractivity contribution >= 4 is 21.4 Å². The van der Waals surface area contributed by atoms with Crippen molar-refractivity contribution < 1.29 is 8.42 Å². The van der Waals surface area contributed by atoms with Crippen molar-refractivity contribution in [3.05, 3.63) is 17.0 Å². The van der Waals surface area contributed by atoms with Crippen LogP contribution in [0.3, 0.4) is 0 Å². The van der Waals surface area contributed by atoms with Gasteiger partial charge in [0.15, 0.2) is 0 Å². The summed E-state index contributed by atoms with van der Waals surface area (Å²) in [5, 5.41) is 0. The molecule has 4 nitrogen and oxygen atoms in total. The summed E-state index contributed by atoms with van der Waals surface area (Å²) in [6.45, 7) is 2.63. The van der Waals surface area contributed by atoms with Crippen LogP contribution < -0.4 is 5.73 Å². The van der Waals surface area contributed by atoms with Gasteiger partial charge >= 0.3 is 0 Å². The summed E-state index contributed by atoms with van der Waals surface area (Å²) in [5.74, 6) is 0.720. The normalized spacial score (nSPS) is 24.8. The van der Waals surface area contributed by atoms with E-state index in [1.54, 1.807) is 23.5 Å². The lowest BCUT2D eigenvalue weighted by atomic mass is 9.87. The molecule has 0 aromatic carbocycles. The monoisotopic (exact) mass is 302 g/mol. The van der Waals surface area contributed by atoms with Gasteiger partial charge < -0.3 is 5.73 Å². The van der Waals surface area contributed by atoms with Crippen molar-refractivity contribution in [1.29, 1.82) is 0 Å². The standard InChI is InChI=1S/C13H22N2O2S2/c1-10-3-5-11(6-4-10)15(2)19(16,17)13-8-7-12(9-14)18-13/h7-8,10-11H,3-6,9,14H2,1-2H3. The van der Waals surface area contributed by atoms with Gasteiger partial charge in [0.2, 0.25) is 0 Å². The minimum atomic E-state index is -3.35. The van der Waals surface area contributed by atoms with E-state index in [1.165, 1.54) is 11.3 Å². The zero-order chi connectivity index (χ0) is 14.0. The summed E-state index contributed by atoms with van der Waals surface area (Å²) in [6.07, 6.45) is 4.16. The molecule has 1 heterocycles. The molecule has 0 spiro atoms. The van der Waals surface area contributed by atoms with E-state index in [0.29, 0.717) is 10.8 Å². The molecule has 1 saturated carbocycles. The van der Waals surface area contributed by atoms with Gasteiger partial charge in [0.1, 0.15) is 4.21 Å². The Balaban J connectivity index is 2.14. The molecule has 1 fully saturated rings. The molecule has 6 heteroatoms. The third-order valence-corrected chi connectivity index (χ3v) is 7.46. The van der Waals surface area contributed by atoms with E-state index in [-0.39, 0.29) is 6.04 Å². The van der Waals surface area contributed by atoms with Crippen molar-refractivity contribution in [2.45, 2.75) is 49.4 Å². The molecule has 1 aliphatic rings. The highest BCUT2D eigenvalue weighted by molar-refractivity contribution is 7.91. The molecule has 0 unspecified atom stereocenters. The van der Waals surface area contributed by atoms with Crippen LogP contribution in [0, 0.1) is 5.92 Å². The zero-order valence-corrected chi connectivity index (χ0v) is 13.1. The summed E-state index contributed by atoms with van der Waals surface area (Å²) < 4.78 is 27.0. The van der Waals surface area contributed by atoms with Crippen LogP contribution in [0.25, 0.3) is 0 Å². The number of hydrogen-bond acceptors (Lipinski definition) is 4. The van der Waals surface area contributed by atoms with Gasteiger partial charge in [-0.1, -0.05) is 6.92 Å². The van der Waals surface area contributed by atoms with E-state index in [0.717, 1.165) is 36.5 Å². The molecule has 0 bridgehead atoms. The average Bonchev–Trinajstić information content (AvgIpc) is 2.88. The SMILES string of the molecule is CC1CCC(N(C)S(=O)(=O)c2ccc(CN)s2)CC1.